The van der Waals surface area contributed by atoms with E-state index >= 15 is 0 Å². The molecular weight excluding hydrogens is 452 g/mol. The summed E-state index contributed by atoms with van der Waals surface area (Å²) in [6, 6.07) is 18.0. The van der Waals surface area contributed by atoms with Crippen LogP contribution >= 0.6 is 0 Å². The van der Waals surface area contributed by atoms with Crippen molar-refractivity contribution in [2.45, 2.75) is 11.4 Å². The summed E-state index contributed by atoms with van der Waals surface area (Å²) >= 11 is 0. The van der Waals surface area contributed by atoms with Crippen molar-refractivity contribution < 1.29 is 13.2 Å². The van der Waals surface area contributed by atoms with Crippen molar-refractivity contribution in [3.8, 4) is 0 Å². The summed E-state index contributed by atoms with van der Waals surface area (Å²) in [4.78, 5) is 25.9. The molecule has 1 saturated heterocycles. The largest absolute Gasteiger partial charge is 0.354 e. The maximum atomic E-state index is 12.7. The minimum absolute atomic E-state index is 0.129. The molecule has 178 valence electrons. The number of aromatic nitrogens is 2. The maximum absolute atomic E-state index is 12.7. The van der Waals surface area contributed by atoms with Gasteiger partial charge in [0.15, 0.2) is 0 Å². The van der Waals surface area contributed by atoms with Gasteiger partial charge in [0.25, 0.3) is 5.91 Å². The van der Waals surface area contributed by atoms with E-state index in [4.69, 9.17) is 0 Å². The quantitative estimate of drug-likeness (QED) is 0.554. The third-order valence-corrected chi connectivity index (χ3v) is 7.56. The summed E-state index contributed by atoms with van der Waals surface area (Å²) in [5.41, 5.74) is 1.64. The lowest BCUT2D eigenvalue weighted by Crippen LogP contribution is -2.46. The second-order valence-corrected chi connectivity index (χ2v) is 10.4. The SMILES string of the molecule is CN(C)S(=O)(=O)c1ccc(C(=O)Nc2cc(N3CCN(Cc4ccccc4)CC3)ncn2)cc1. The van der Waals surface area contributed by atoms with Gasteiger partial charge in [-0.2, -0.15) is 0 Å². The van der Waals surface area contributed by atoms with Gasteiger partial charge in [0, 0.05) is 58.4 Å². The minimum atomic E-state index is -3.55. The molecule has 1 aliphatic heterocycles. The number of carbonyl (C=O) groups is 1. The average molecular weight is 481 g/mol. The van der Waals surface area contributed by atoms with E-state index < -0.39 is 10.0 Å². The number of sulfonamides is 1. The van der Waals surface area contributed by atoms with Crippen LogP contribution in [0.4, 0.5) is 11.6 Å². The van der Waals surface area contributed by atoms with E-state index in [1.54, 1.807) is 6.07 Å². The van der Waals surface area contributed by atoms with Crippen LogP contribution in [0.25, 0.3) is 0 Å². The molecule has 0 aliphatic carbocycles. The highest BCUT2D eigenvalue weighted by Gasteiger charge is 2.20. The molecule has 0 radical (unpaired) electrons. The first kappa shape index (κ1) is 23.8. The lowest BCUT2D eigenvalue weighted by Gasteiger charge is -2.35. The Labute approximate surface area is 200 Å². The van der Waals surface area contributed by atoms with Gasteiger partial charge >= 0.3 is 0 Å². The topological polar surface area (TPSA) is 98.7 Å². The van der Waals surface area contributed by atoms with Crippen LogP contribution in [0.15, 0.2) is 71.9 Å². The molecule has 0 saturated carbocycles. The van der Waals surface area contributed by atoms with Gasteiger partial charge in [-0.05, 0) is 29.8 Å². The van der Waals surface area contributed by atoms with Crippen LogP contribution in [0.3, 0.4) is 0 Å². The molecule has 1 fully saturated rings. The maximum Gasteiger partial charge on any atom is 0.256 e. The number of rotatable bonds is 7. The summed E-state index contributed by atoms with van der Waals surface area (Å²) in [6.45, 7) is 4.43. The van der Waals surface area contributed by atoms with Crippen LogP contribution in [-0.2, 0) is 16.6 Å². The number of piperazine rings is 1. The van der Waals surface area contributed by atoms with Crippen molar-refractivity contribution in [2.24, 2.45) is 0 Å². The van der Waals surface area contributed by atoms with Crippen molar-refractivity contribution in [3.05, 3.63) is 78.1 Å². The molecule has 1 amide bonds. The van der Waals surface area contributed by atoms with Gasteiger partial charge in [0.05, 0.1) is 4.90 Å². The molecule has 0 bridgehead atoms. The molecule has 2 heterocycles. The molecule has 0 spiro atoms. The van der Waals surface area contributed by atoms with E-state index in [2.05, 4.69) is 49.4 Å². The monoisotopic (exact) mass is 480 g/mol. The molecule has 0 unspecified atom stereocenters. The van der Waals surface area contributed by atoms with Gasteiger partial charge in [-0.3, -0.25) is 9.69 Å². The molecule has 1 aromatic heterocycles. The van der Waals surface area contributed by atoms with Crippen LogP contribution in [0.2, 0.25) is 0 Å². The molecule has 3 aromatic rings. The predicted molar refractivity (Wildman–Crippen MR) is 131 cm³/mol. The zero-order valence-corrected chi connectivity index (χ0v) is 20.1. The summed E-state index contributed by atoms with van der Waals surface area (Å²) in [7, 11) is -0.618. The minimum Gasteiger partial charge on any atom is -0.354 e. The predicted octanol–water partition coefficient (Wildman–Crippen LogP) is 2.30. The number of benzene rings is 2. The first-order valence-corrected chi connectivity index (χ1v) is 12.4. The van der Waals surface area contributed by atoms with E-state index in [-0.39, 0.29) is 10.8 Å². The molecule has 0 atom stereocenters. The summed E-state index contributed by atoms with van der Waals surface area (Å²) < 4.78 is 25.5. The molecular formula is C24H28N6O3S. The lowest BCUT2D eigenvalue weighted by molar-refractivity contribution is 0.102. The molecule has 10 heteroatoms. The summed E-state index contributed by atoms with van der Waals surface area (Å²) in [5.74, 6) is 0.787. The van der Waals surface area contributed by atoms with Gasteiger partial charge in [0.1, 0.15) is 18.0 Å². The van der Waals surface area contributed by atoms with Gasteiger partial charge < -0.3 is 10.2 Å². The highest BCUT2D eigenvalue weighted by Crippen LogP contribution is 2.19. The first-order valence-electron chi connectivity index (χ1n) is 11.0. The number of carbonyl (C=O) groups excluding carboxylic acids is 1. The fraction of sp³-hybridized carbons (Fsp3) is 0.292. The Morgan fingerprint density at radius 2 is 1.65 bits per heavy atom. The third-order valence-electron chi connectivity index (χ3n) is 5.73. The van der Waals surface area contributed by atoms with Crippen molar-refractivity contribution >= 4 is 27.6 Å². The third kappa shape index (κ3) is 5.58. The zero-order valence-electron chi connectivity index (χ0n) is 19.3. The van der Waals surface area contributed by atoms with Crippen LogP contribution < -0.4 is 10.2 Å². The Hall–Kier alpha value is -3.34. The highest BCUT2D eigenvalue weighted by atomic mass is 32.2. The summed E-state index contributed by atoms with van der Waals surface area (Å²) in [5, 5.41) is 2.77. The molecule has 1 N–H and O–H groups in total. The van der Waals surface area contributed by atoms with Crippen LogP contribution in [0.1, 0.15) is 15.9 Å². The highest BCUT2D eigenvalue weighted by molar-refractivity contribution is 7.89. The molecule has 1 aliphatic rings. The molecule has 4 rings (SSSR count). The lowest BCUT2D eigenvalue weighted by atomic mass is 10.2. The number of amides is 1. The van der Waals surface area contributed by atoms with Crippen LogP contribution in [-0.4, -0.2) is 73.8 Å². The normalized spacial score (nSPS) is 14.9. The van der Waals surface area contributed by atoms with Crippen LogP contribution in [0, 0.1) is 0 Å². The second kappa shape index (κ2) is 10.3. The van der Waals surface area contributed by atoms with E-state index in [1.807, 2.05) is 6.07 Å². The van der Waals surface area contributed by atoms with Crippen molar-refractivity contribution in [3.63, 3.8) is 0 Å². The smallest absolute Gasteiger partial charge is 0.256 e. The Bertz CT molecular complexity index is 1230. The number of hydrogen-bond acceptors (Lipinski definition) is 7. The second-order valence-electron chi connectivity index (χ2n) is 8.28. The van der Waals surface area contributed by atoms with E-state index in [0.717, 1.165) is 42.8 Å². The number of nitrogens with zero attached hydrogens (tertiary/aromatic N) is 5. The van der Waals surface area contributed by atoms with Crippen molar-refractivity contribution in [1.82, 2.24) is 19.2 Å². The standard InChI is InChI=1S/C24H28N6O3S/c1-28(2)34(32,33)21-10-8-20(9-11-21)24(31)27-22-16-23(26-18-25-22)30-14-12-29(13-15-30)17-19-6-4-3-5-7-19/h3-11,16,18H,12-15,17H2,1-2H3,(H,25,26,27,31). The van der Waals surface area contributed by atoms with Crippen molar-refractivity contribution in [1.29, 1.82) is 0 Å². The first-order chi connectivity index (χ1) is 16.3. The van der Waals surface area contributed by atoms with E-state index in [1.165, 1.54) is 50.3 Å². The van der Waals surface area contributed by atoms with Crippen molar-refractivity contribution in [2.75, 3.05) is 50.5 Å². The Morgan fingerprint density at radius 3 is 2.29 bits per heavy atom. The van der Waals surface area contributed by atoms with Gasteiger partial charge in [-0.25, -0.2) is 22.7 Å². The van der Waals surface area contributed by atoms with Gasteiger partial charge in [0.2, 0.25) is 10.0 Å². The Balaban J connectivity index is 1.36. The molecule has 2 aromatic carbocycles. The van der Waals surface area contributed by atoms with E-state index in [9.17, 15) is 13.2 Å². The average Bonchev–Trinajstić information content (AvgIpc) is 2.85. The number of anilines is 2. The number of hydrogen-bond donors (Lipinski definition) is 1. The van der Waals surface area contributed by atoms with Gasteiger partial charge in [-0.1, -0.05) is 30.3 Å². The number of nitrogens with one attached hydrogen (secondary N) is 1. The Morgan fingerprint density at radius 1 is 0.971 bits per heavy atom. The fourth-order valence-corrected chi connectivity index (χ4v) is 4.64. The zero-order chi connectivity index (χ0) is 24.1. The Kier molecular flexibility index (Phi) is 7.20. The summed E-state index contributed by atoms with van der Waals surface area (Å²) in [6.07, 6.45) is 1.44. The van der Waals surface area contributed by atoms with E-state index in [0.29, 0.717) is 11.4 Å². The molecule has 9 nitrogen and oxygen atoms in total. The van der Waals surface area contributed by atoms with Gasteiger partial charge in [-0.15, -0.1) is 0 Å². The molecule has 34 heavy (non-hydrogen) atoms. The van der Waals surface area contributed by atoms with Crippen LogP contribution in [0.5, 0.6) is 0 Å². The fourth-order valence-electron chi connectivity index (χ4n) is 3.74.